The van der Waals surface area contributed by atoms with Gasteiger partial charge in [-0.05, 0) is 70.0 Å². The number of hydrogen-bond donors (Lipinski definition) is 1. The van der Waals surface area contributed by atoms with Crippen LogP contribution in [0.5, 0.6) is 0 Å². The van der Waals surface area contributed by atoms with Gasteiger partial charge < -0.3 is 5.32 Å². The maximum Gasteiger partial charge on any atom is 0.0114 e. The van der Waals surface area contributed by atoms with Crippen molar-refractivity contribution >= 4 is 11.8 Å². The van der Waals surface area contributed by atoms with Crippen LogP contribution in [0.2, 0.25) is 0 Å². The minimum absolute atomic E-state index is 0.720. The number of hydrogen-bond acceptors (Lipinski definition) is 3. The van der Waals surface area contributed by atoms with Crippen molar-refractivity contribution in [3.05, 3.63) is 0 Å². The maximum atomic E-state index is 3.47. The van der Waals surface area contributed by atoms with Crippen LogP contribution in [-0.4, -0.2) is 48.1 Å². The van der Waals surface area contributed by atoms with Crippen molar-refractivity contribution in [2.24, 2.45) is 5.92 Å². The Morgan fingerprint density at radius 3 is 2.35 bits per heavy atom. The van der Waals surface area contributed by atoms with E-state index in [1.54, 1.807) is 0 Å². The minimum atomic E-state index is 0.720. The first kappa shape index (κ1) is 13.7. The molecule has 0 aromatic carbocycles. The van der Waals surface area contributed by atoms with Gasteiger partial charge in [0.1, 0.15) is 0 Å². The molecule has 3 heteroatoms. The van der Waals surface area contributed by atoms with E-state index in [-0.39, 0.29) is 0 Å². The monoisotopic (exact) mass is 256 g/mol. The lowest BCUT2D eigenvalue weighted by atomic mass is 9.95. The molecule has 2 heterocycles. The highest BCUT2D eigenvalue weighted by Crippen LogP contribution is 2.25. The quantitative estimate of drug-likeness (QED) is 0.832. The lowest BCUT2D eigenvalue weighted by Crippen LogP contribution is -2.46. The highest BCUT2D eigenvalue weighted by atomic mass is 32.2. The summed E-state index contributed by atoms with van der Waals surface area (Å²) in [6.45, 7) is 8.56. The van der Waals surface area contributed by atoms with Crippen LogP contribution >= 0.6 is 11.8 Å². The van der Waals surface area contributed by atoms with Crippen LogP contribution in [0, 0.1) is 5.92 Å². The van der Waals surface area contributed by atoms with Crippen LogP contribution in [-0.2, 0) is 0 Å². The van der Waals surface area contributed by atoms with Gasteiger partial charge in [-0.3, -0.25) is 4.90 Å². The molecule has 0 atom stereocenters. The molecular formula is C14H28N2S. The molecule has 100 valence electrons. The summed E-state index contributed by atoms with van der Waals surface area (Å²) in [4.78, 5) is 2.80. The number of thioether (sulfide) groups is 1. The molecule has 2 saturated heterocycles. The third-order valence-corrected chi connectivity index (χ3v) is 5.30. The molecule has 0 aromatic rings. The van der Waals surface area contributed by atoms with E-state index in [0.29, 0.717) is 0 Å². The van der Waals surface area contributed by atoms with E-state index in [0.717, 1.165) is 18.0 Å². The normalized spacial score (nSPS) is 24.7. The molecule has 2 aliphatic heterocycles. The van der Waals surface area contributed by atoms with Gasteiger partial charge in [0.2, 0.25) is 0 Å². The molecule has 17 heavy (non-hydrogen) atoms. The highest BCUT2D eigenvalue weighted by molar-refractivity contribution is 7.99. The summed E-state index contributed by atoms with van der Waals surface area (Å²) in [5.74, 6) is 3.69. The van der Waals surface area contributed by atoms with Gasteiger partial charge in [0.15, 0.2) is 0 Å². The smallest absolute Gasteiger partial charge is 0.0114 e. The summed E-state index contributed by atoms with van der Waals surface area (Å²) in [6, 6.07) is 1.59. The number of piperidine rings is 1. The Morgan fingerprint density at radius 2 is 1.76 bits per heavy atom. The van der Waals surface area contributed by atoms with Crippen LogP contribution in [0.1, 0.15) is 39.5 Å². The molecule has 2 fully saturated rings. The Balaban J connectivity index is 1.86. The van der Waals surface area contributed by atoms with Gasteiger partial charge in [-0.15, -0.1) is 0 Å². The molecule has 2 nitrogen and oxygen atoms in total. The van der Waals surface area contributed by atoms with Crippen LogP contribution in [0.4, 0.5) is 0 Å². The minimum Gasteiger partial charge on any atom is -0.317 e. The molecule has 0 amide bonds. The predicted octanol–water partition coefficient (Wildman–Crippen LogP) is 2.59. The van der Waals surface area contributed by atoms with Crippen molar-refractivity contribution in [3.63, 3.8) is 0 Å². The summed E-state index contributed by atoms with van der Waals surface area (Å²) >= 11 is 2.14. The van der Waals surface area contributed by atoms with E-state index >= 15 is 0 Å². The summed E-state index contributed by atoms with van der Waals surface area (Å²) in [5.41, 5.74) is 0. The standard InChI is InChI=1S/C14H28N2S/c1-12(2)16(14-5-9-17-10-6-14)11-13-3-7-15-8-4-13/h12-15H,3-11H2,1-2H3. The van der Waals surface area contributed by atoms with Crippen molar-refractivity contribution in [2.45, 2.75) is 51.6 Å². The second kappa shape index (κ2) is 7.01. The zero-order valence-electron chi connectivity index (χ0n) is 11.5. The van der Waals surface area contributed by atoms with Crippen molar-refractivity contribution in [2.75, 3.05) is 31.1 Å². The zero-order valence-corrected chi connectivity index (χ0v) is 12.3. The fraction of sp³-hybridized carbons (Fsp3) is 1.00. The lowest BCUT2D eigenvalue weighted by molar-refractivity contribution is 0.110. The van der Waals surface area contributed by atoms with Crippen molar-refractivity contribution in [1.29, 1.82) is 0 Å². The number of nitrogens with one attached hydrogen (secondary N) is 1. The van der Waals surface area contributed by atoms with E-state index in [1.807, 2.05) is 0 Å². The highest BCUT2D eigenvalue weighted by Gasteiger charge is 2.26. The summed E-state index contributed by atoms with van der Waals surface area (Å²) in [7, 11) is 0. The summed E-state index contributed by atoms with van der Waals surface area (Å²) in [5, 5.41) is 3.47. The molecular weight excluding hydrogens is 228 g/mol. The fourth-order valence-electron chi connectivity index (χ4n) is 3.16. The van der Waals surface area contributed by atoms with Gasteiger partial charge in [-0.25, -0.2) is 0 Å². The molecule has 0 saturated carbocycles. The first-order valence-electron chi connectivity index (χ1n) is 7.31. The van der Waals surface area contributed by atoms with Crippen molar-refractivity contribution in [1.82, 2.24) is 10.2 Å². The first-order valence-corrected chi connectivity index (χ1v) is 8.47. The Labute approximate surface area is 111 Å². The molecule has 0 spiro atoms. The van der Waals surface area contributed by atoms with Gasteiger partial charge in [-0.2, -0.15) is 11.8 Å². The first-order chi connectivity index (χ1) is 8.27. The Kier molecular flexibility index (Phi) is 5.64. The van der Waals surface area contributed by atoms with E-state index in [4.69, 9.17) is 0 Å². The molecule has 0 radical (unpaired) electrons. The molecule has 0 aliphatic carbocycles. The second-order valence-electron chi connectivity index (χ2n) is 5.83. The lowest BCUT2D eigenvalue weighted by Gasteiger charge is -2.40. The number of rotatable bonds is 4. The van der Waals surface area contributed by atoms with Gasteiger partial charge >= 0.3 is 0 Å². The molecule has 1 N–H and O–H groups in total. The second-order valence-corrected chi connectivity index (χ2v) is 7.05. The average Bonchev–Trinajstić information content (AvgIpc) is 2.38. The van der Waals surface area contributed by atoms with Gasteiger partial charge in [0, 0.05) is 18.6 Å². The van der Waals surface area contributed by atoms with E-state index in [9.17, 15) is 0 Å². The van der Waals surface area contributed by atoms with Gasteiger partial charge in [0.25, 0.3) is 0 Å². The Hall–Kier alpha value is 0.270. The van der Waals surface area contributed by atoms with Crippen LogP contribution in [0.15, 0.2) is 0 Å². The number of nitrogens with zero attached hydrogens (tertiary/aromatic N) is 1. The molecule has 2 aliphatic rings. The van der Waals surface area contributed by atoms with Gasteiger partial charge in [-0.1, -0.05) is 0 Å². The molecule has 2 rings (SSSR count). The summed E-state index contributed by atoms with van der Waals surface area (Å²) in [6.07, 6.45) is 5.58. The van der Waals surface area contributed by atoms with Crippen molar-refractivity contribution in [3.8, 4) is 0 Å². The van der Waals surface area contributed by atoms with Gasteiger partial charge in [0.05, 0.1) is 0 Å². The SMILES string of the molecule is CC(C)N(CC1CCNCC1)C1CCSCC1. The molecule has 0 bridgehead atoms. The Bertz CT molecular complexity index is 208. The Morgan fingerprint density at radius 1 is 1.12 bits per heavy atom. The van der Waals surface area contributed by atoms with Crippen LogP contribution in [0.3, 0.4) is 0 Å². The molecule has 0 aromatic heterocycles. The zero-order chi connectivity index (χ0) is 12.1. The summed E-state index contributed by atoms with van der Waals surface area (Å²) < 4.78 is 0. The van der Waals surface area contributed by atoms with E-state index in [1.165, 1.54) is 56.8 Å². The van der Waals surface area contributed by atoms with Crippen molar-refractivity contribution < 1.29 is 0 Å². The third-order valence-electron chi connectivity index (χ3n) is 4.25. The van der Waals surface area contributed by atoms with E-state index in [2.05, 4.69) is 35.8 Å². The third kappa shape index (κ3) is 4.15. The average molecular weight is 256 g/mol. The van der Waals surface area contributed by atoms with Crippen LogP contribution < -0.4 is 5.32 Å². The van der Waals surface area contributed by atoms with Crippen LogP contribution in [0.25, 0.3) is 0 Å². The molecule has 0 unspecified atom stereocenters. The topological polar surface area (TPSA) is 15.3 Å². The maximum absolute atomic E-state index is 3.47. The van der Waals surface area contributed by atoms with E-state index < -0.39 is 0 Å². The fourth-order valence-corrected chi connectivity index (χ4v) is 4.24. The predicted molar refractivity (Wildman–Crippen MR) is 77.8 cm³/mol. The largest absolute Gasteiger partial charge is 0.317 e.